The molecule has 1 aliphatic rings. The van der Waals surface area contributed by atoms with Crippen molar-refractivity contribution in [3.63, 3.8) is 0 Å². The van der Waals surface area contributed by atoms with Crippen molar-refractivity contribution in [1.82, 2.24) is 9.47 Å². The lowest BCUT2D eigenvalue weighted by Gasteiger charge is -2.14. The number of rotatable bonds is 3. The second-order valence-corrected chi connectivity index (χ2v) is 6.11. The van der Waals surface area contributed by atoms with E-state index in [0.29, 0.717) is 6.04 Å². The maximum Gasteiger partial charge on any atom is 0.0488 e. The first-order chi connectivity index (χ1) is 9.16. The highest BCUT2D eigenvalue weighted by molar-refractivity contribution is 5.87. The summed E-state index contributed by atoms with van der Waals surface area (Å²) in [6, 6.07) is 7.20. The van der Waals surface area contributed by atoms with Crippen LogP contribution in [0.15, 0.2) is 24.4 Å². The first kappa shape index (κ1) is 12.7. The van der Waals surface area contributed by atoms with E-state index in [1.807, 2.05) is 0 Å². The fourth-order valence-electron chi connectivity index (χ4n) is 3.32. The number of aromatic nitrogens is 1. The van der Waals surface area contributed by atoms with Gasteiger partial charge in [-0.25, -0.2) is 0 Å². The van der Waals surface area contributed by atoms with Crippen molar-refractivity contribution in [2.45, 2.75) is 46.2 Å². The maximum atomic E-state index is 2.59. The molecule has 0 bridgehead atoms. The molecule has 0 unspecified atom stereocenters. The van der Waals surface area contributed by atoms with Crippen molar-refractivity contribution in [1.29, 1.82) is 0 Å². The number of hydrogen-bond donors (Lipinski definition) is 0. The van der Waals surface area contributed by atoms with Crippen LogP contribution in [0.2, 0.25) is 0 Å². The summed E-state index contributed by atoms with van der Waals surface area (Å²) >= 11 is 0. The smallest absolute Gasteiger partial charge is 0.0488 e. The lowest BCUT2D eigenvalue weighted by molar-refractivity contribution is 0.332. The topological polar surface area (TPSA) is 8.17 Å². The van der Waals surface area contributed by atoms with Crippen molar-refractivity contribution in [3.05, 3.63) is 35.5 Å². The zero-order valence-corrected chi connectivity index (χ0v) is 12.3. The molecule has 19 heavy (non-hydrogen) atoms. The standard InChI is InChI=1S/C17H24N2/c1-13(2)19-12-15(11-18-9-4-5-10-18)17-14(3)7-6-8-16(17)19/h6-8,12-13H,4-5,9-11H2,1-3H3. The van der Waals surface area contributed by atoms with Gasteiger partial charge in [0, 0.05) is 29.7 Å². The number of nitrogens with zero attached hydrogens (tertiary/aromatic N) is 2. The molecule has 0 aliphatic carbocycles. The van der Waals surface area contributed by atoms with E-state index in [2.05, 4.69) is 54.6 Å². The van der Waals surface area contributed by atoms with Gasteiger partial charge in [-0.1, -0.05) is 12.1 Å². The third-order valence-corrected chi connectivity index (χ3v) is 4.29. The molecule has 2 heterocycles. The first-order valence-corrected chi connectivity index (χ1v) is 7.48. The SMILES string of the molecule is Cc1cccc2c1c(CN1CCCC1)cn2C(C)C. The van der Waals surface area contributed by atoms with E-state index in [1.54, 1.807) is 0 Å². The highest BCUT2D eigenvalue weighted by atomic mass is 15.1. The number of fused-ring (bicyclic) bond motifs is 1. The Morgan fingerprint density at radius 3 is 2.58 bits per heavy atom. The molecular formula is C17H24N2. The molecule has 0 spiro atoms. The van der Waals surface area contributed by atoms with Crippen molar-refractivity contribution in [2.75, 3.05) is 13.1 Å². The van der Waals surface area contributed by atoms with Gasteiger partial charge in [-0.15, -0.1) is 0 Å². The average molecular weight is 256 g/mol. The highest BCUT2D eigenvalue weighted by Gasteiger charge is 2.17. The van der Waals surface area contributed by atoms with Crippen LogP contribution in [0.4, 0.5) is 0 Å². The zero-order valence-electron chi connectivity index (χ0n) is 12.3. The Kier molecular flexibility index (Phi) is 3.36. The normalized spacial score (nSPS) is 16.8. The van der Waals surface area contributed by atoms with Crippen molar-refractivity contribution < 1.29 is 0 Å². The minimum Gasteiger partial charge on any atom is -0.345 e. The van der Waals surface area contributed by atoms with Crippen molar-refractivity contribution >= 4 is 10.9 Å². The van der Waals surface area contributed by atoms with Crippen LogP contribution in [-0.4, -0.2) is 22.6 Å². The number of benzene rings is 1. The van der Waals surface area contributed by atoms with E-state index in [-0.39, 0.29) is 0 Å². The Bertz CT molecular complexity index is 574. The van der Waals surface area contributed by atoms with Crippen LogP contribution in [0.3, 0.4) is 0 Å². The van der Waals surface area contributed by atoms with Gasteiger partial charge in [0.1, 0.15) is 0 Å². The van der Waals surface area contributed by atoms with E-state index in [9.17, 15) is 0 Å². The molecule has 1 fully saturated rings. The van der Waals surface area contributed by atoms with Gasteiger partial charge in [0.25, 0.3) is 0 Å². The minimum absolute atomic E-state index is 0.525. The van der Waals surface area contributed by atoms with Gasteiger partial charge in [0.15, 0.2) is 0 Å². The Morgan fingerprint density at radius 2 is 1.89 bits per heavy atom. The summed E-state index contributed by atoms with van der Waals surface area (Å²) in [6.07, 6.45) is 5.10. The largest absolute Gasteiger partial charge is 0.345 e. The molecule has 0 saturated carbocycles. The summed E-state index contributed by atoms with van der Waals surface area (Å²) in [7, 11) is 0. The highest BCUT2D eigenvalue weighted by Crippen LogP contribution is 2.29. The maximum absolute atomic E-state index is 2.59. The third-order valence-electron chi connectivity index (χ3n) is 4.29. The van der Waals surface area contributed by atoms with Crippen LogP contribution < -0.4 is 0 Å². The molecule has 3 rings (SSSR count). The fraction of sp³-hybridized carbons (Fsp3) is 0.529. The van der Waals surface area contributed by atoms with E-state index < -0.39 is 0 Å². The second-order valence-electron chi connectivity index (χ2n) is 6.11. The van der Waals surface area contributed by atoms with Gasteiger partial charge in [0.05, 0.1) is 0 Å². The Labute approximate surface area is 116 Å². The Balaban J connectivity index is 2.07. The molecule has 1 aromatic heterocycles. The van der Waals surface area contributed by atoms with Gasteiger partial charge in [-0.2, -0.15) is 0 Å². The Hall–Kier alpha value is -1.28. The van der Waals surface area contributed by atoms with Crippen LogP contribution in [-0.2, 0) is 6.54 Å². The zero-order chi connectivity index (χ0) is 13.4. The molecular weight excluding hydrogens is 232 g/mol. The summed E-state index contributed by atoms with van der Waals surface area (Å²) in [5.74, 6) is 0. The lowest BCUT2D eigenvalue weighted by Crippen LogP contribution is -2.18. The molecule has 1 aliphatic heterocycles. The van der Waals surface area contributed by atoms with Gasteiger partial charge in [-0.3, -0.25) is 4.90 Å². The fourth-order valence-corrected chi connectivity index (χ4v) is 3.32. The molecule has 0 atom stereocenters. The molecule has 0 amide bonds. The molecule has 102 valence electrons. The van der Waals surface area contributed by atoms with E-state index in [4.69, 9.17) is 0 Å². The van der Waals surface area contributed by atoms with Gasteiger partial charge in [0.2, 0.25) is 0 Å². The minimum atomic E-state index is 0.525. The van der Waals surface area contributed by atoms with Crippen LogP contribution >= 0.6 is 0 Å². The molecule has 0 radical (unpaired) electrons. The van der Waals surface area contributed by atoms with Crippen LogP contribution in [0.1, 0.15) is 43.9 Å². The van der Waals surface area contributed by atoms with E-state index >= 15 is 0 Å². The second kappa shape index (κ2) is 5.01. The molecule has 1 aromatic carbocycles. The number of hydrogen-bond acceptors (Lipinski definition) is 1. The van der Waals surface area contributed by atoms with Crippen LogP contribution in [0.5, 0.6) is 0 Å². The molecule has 2 heteroatoms. The predicted molar refractivity (Wildman–Crippen MR) is 81.6 cm³/mol. The van der Waals surface area contributed by atoms with E-state index in [0.717, 1.165) is 6.54 Å². The van der Waals surface area contributed by atoms with Crippen LogP contribution in [0, 0.1) is 6.92 Å². The van der Waals surface area contributed by atoms with Gasteiger partial charge < -0.3 is 4.57 Å². The summed E-state index contributed by atoms with van der Waals surface area (Å²) in [5.41, 5.74) is 4.30. The average Bonchev–Trinajstić information content (AvgIpc) is 2.98. The molecule has 1 saturated heterocycles. The van der Waals surface area contributed by atoms with Crippen molar-refractivity contribution in [2.24, 2.45) is 0 Å². The van der Waals surface area contributed by atoms with Crippen molar-refractivity contribution in [3.8, 4) is 0 Å². The predicted octanol–water partition coefficient (Wildman–Crippen LogP) is 4.13. The van der Waals surface area contributed by atoms with E-state index in [1.165, 1.54) is 48.0 Å². The molecule has 0 N–H and O–H groups in total. The summed E-state index contributed by atoms with van der Waals surface area (Å²) in [5, 5.41) is 1.48. The summed E-state index contributed by atoms with van der Waals surface area (Å²) in [6.45, 7) is 10.4. The lowest BCUT2D eigenvalue weighted by atomic mass is 10.1. The summed E-state index contributed by atoms with van der Waals surface area (Å²) in [4.78, 5) is 2.59. The Morgan fingerprint density at radius 1 is 1.16 bits per heavy atom. The monoisotopic (exact) mass is 256 g/mol. The molecule has 2 aromatic rings. The third kappa shape index (κ3) is 2.30. The van der Waals surface area contributed by atoms with Gasteiger partial charge in [-0.05, 0) is 63.9 Å². The summed E-state index contributed by atoms with van der Waals surface area (Å²) < 4.78 is 2.42. The molecule has 2 nitrogen and oxygen atoms in total. The van der Waals surface area contributed by atoms with Crippen LogP contribution in [0.25, 0.3) is 10.9 Å². The first-order valence-electron chi connectivity index (χ1n) is 7.48. The number of likely N-dealkylation sites (tertiary alicyclic amines) is 1. The van der Waals surface area contributed by atoms with Gasteiger partial charge >= 0.3 is 0 Å². The number of aryl methyl sites for hydroxylation is 1. The quantitative estimate of drug-likeness (QED) is 0.801.